The van der Waals surface area contributed by atoms with Gasteiger partial charge in [0.25, 0.3) is 0 Å². The van der Waals surface area contributed by atoms with Crippen LogP contribution in [0.1, 0.15) is 21.9 Å². The Hall–Kier alpha value is -1.42. The third kappa shape index (κ3) is 2.33. The molecule has 2 heterocycles. The van der Waals surface area contributed by atoms with Crippen LogP contribution in [0.2, 0.25) is 0 Å². The quantitative estimate of drug-likeness (QED) is 0.741. The first kappa shape index (κ1) is 10.1. The topological polar surface area (TPSA) is 34.9 Å². The number of hydrogen-bond donors (Lipinski definition) is 0. The highest BCUT2D eigenvalue weighted by Crippen LogP contribution is 2.12. The second-order valence-electron chi connectivity index (χ2n) is 3.35. The maximum Gasteiger partial charge on any atom is 0.173 e. The number of aryl methyl sites for hydroxylation is 2. The minimum absolute atomic E-state index is 0.202. The highest BCUT2D eigenvalue weighted by molar-refractivity contribution is 7.12. The fourth-order valence-corrected chi connectivity index (χ4v) is 2.12. The molecule has 2 aromatic heterocycles. The SMILES string of the molecule is Cn1ccnc1CCC(=O)c1cccs1. The number of imidazole rings is 1. The van der Waals surface area contributed by atoms with E-state index >= 15 is 0 Å². The number of thiophene rings is 1. The third-order valence-electron chi connectivity index (χ3n) is 2.29. The number of rotatable bonds is 4. The van der Waals surface area contributed by atoms with Gasteiger partial charge in [-0.2, -0.15) is 0 Å². The van der Waals surface area contributed by atoms with Gasteiger partial charge in [0.1, 0.15) is 5.82 Å². The molecule has 0 spiro atoms. The third-order valence-corrected chi connectivity index (χ3v) is 3.20. The molecule has 0 aliphatic rings. The molecule has 0 N–H and O–H groups in total. The van der Waals surface area contributed by atoms with E-state index in [4.69, 9.17) is 0 Å². The lowest BCUT2D eigenvalue weighted by Gasteiger charge is -1.99. The van der Waals surface area contributed by atoms with Crippen molar-refractivity contribution < 1.29 is 4.79 Å². The van der Waals surface area contributed by atoms with E-state index in [-0.39, 0.29) is 5.78 Å². The predicted molar refractivity (Wildman–Crippen MR) is 60.2 cm³/mol. The van der Waals surface area contributed by atoms with Crippen molar-refractivity contribution in [3.05, 3.63) is 40.6 Å². The van der Waals surface area contributed by atoms with Crippen LogP contribution < -0.4 is 0 Å². The Morgan fingerprint density at radius 3 is 3.07 bits per heavy atom. The van der Waals surface area contributed by atoms with E-state index in [1.807, 2.05) is 35.3 Å². The molecule has 0 aliphatic heterocycles. The van der Waals surface area contributed by atoms with E-state index < -0.39 is 0 Å². The van der Waals surface area contributed by atoms with E-state index in [9.17, 15) is 4.79 Å². The molecule has 0 amide bonds. The molecule has 0 unspecified atom stereocenters. The van der Waals surface area contributed by atoms with E-state index in [1.54, 1.807) is 6.20 Å². The molecule has 78 valence electrons. The van der Waals surface area contributed by atoms with E-state index in [0.29, 0.717) is 12.8 Å². The number of carbonyl (C=O) groups is 1. The number of ketones is 1. The summed E-state index contributed by atoms with van der Waals surface area (Å²) in [7, 11) is 1.94. The summed E-state index contributed by atoms with van der Waals surface area (Å²) in [4.78, 5) is 16.7. The molecule has 0 atom stereocenters. The predicted octanol–water partition coefficient (Wildman–Crippen LogP) is 2.30. The first-order chi connectivity index (χ1) is 7.27. The molecule has 3 nitrogen and oxygen atoms in total. The molecule has 0 fully saturated rings. The van der Waals surface area contributed by atoms with Crippen molar-refractivity contribution in [1.82, 2.24) is 9.55 Å². The second-order valence-corrected chi connectivity index (χ2v) is 4.30. The van der Waals surface area contributed by atoms with E-state index in [0.717, 1.165) is 10.7 Å². The van der Waals surface area contributed by atoms with E-state index in [1.165, 1.54) is 11.3 Å². The molecular weight excluding hydrogens is 208 g/mol. The fraction of sp³-hybridized carbons (Fsp3) is 0.273. The standard InChI is InChI=1S/C11H12N2OS/c1-13-7-6-12-11(13)5-4-9(14)10-3-2-8-15-10/h2-3,6-8H,4-5H2,1H3. The monoisotopic (exact) mass is 220 g/mol. The van der Waals surface area contributed by atoms with Gasteiger partial charge in [0.15, 0.2) is 5.78 Å². The largest absolute Gasteiger partial charge is 0.338 e. The summed E-state index contributed by atoms with van der Waals surface area (Å²) >= 11 is 1.50. The average Bonchev–Trinajstić information content (AvgIpc) is 2.85. The summed E-state index contributed by atoms with van der Waals surface area (Å²) in [6.45, 7) is 0. The number of aromatic nitrogens is 2. The van der Waals surface area contributed by atoms with E-state index in [2.05, 4.69) is 4.98 Å². The number of Topliss-reactive ketones (excluding diaryl/α,β-unsaturated/α-hetero) is 1. The molecule has 0 radical (unpaired) electrons. The van der Waals surface area contributed by atoms with Crippen molar-refractivity contribution in [3.8, 4) is 0 Å². The molecule has 0 aromatic carbocycles. The zero-order valence-electron chi connectivity index (χ0n) is 8.51. The average molecular weight is 220 g/mol. The lowest BCUT2D eigenvalue weighted by Crippen LogP contribution is -2.03. The Balaban J connectivity index is 1.95. The molecule has 4 heteroatoms. The molecule has 2 rings (SSSR count). The van der Waals surface area contributed by atoms with Gasteiger partial charge in [-0.3, -0.25) is 4.79 Å². The fourth-order valence-electron chi connectivity index (χ4n) is 1.42. The van der Waals surface area contributed by atoms with Crippen LogP contribution in [0.3, 0.4) is 0 Å². The van der Waals surface area contributed by atoms with Gasteiger partial charge >= 0.3 is 0 Å². The highest BCUT2D eigenvalue weighted by atomic mass is 32.1. The molecule has 0 saturated heterocycles. The zero-order valence-corrected chi connectivity index (χ0v) is 9.33. The van der Waals surface area contributed by atoms with Gasteiger partial charge < -0.3 is 4.57 Å². The Bertz CT molecular complexity index is 445. The van der Waals surface area contributed by atoms with Gasteiger partial charge in [-0.15, -0.1) is 11.3 Å². The van der Waals surface area contributed by atoms with Crippen molar-refractivity contribution in [3.63, 3.8) is 0 Å². The van der Waals surface area contributed by atoms with Gasteiger partial charge in [0.2, 0.25) is 0 Å². The molecule has 0 saturated carbocycles. The van der Waals surface area contributed by atoms with Gasteiger partial charge in [-0.25, -0.2) is 4.98 Å². The maximum atomic E-state index is 11.7. The van der Waals surface area contributed by atoms with Crippen molar-refractivity contribution in [2.45, 2.75) is 12.8 Å². The normalized spacial score (nSPS) is 10.5. The summed E-state index contributed by atoms with van der Waals surface area (Å²) in [5, 5.41) is 1.92. The molecule has 0 aliphatic carbocycles. The Labute approximate surface area is 92.4 Å². The van der Waals surface area contributed by atoms with Crippen LogP contribution >= 0.6 is 11.3 Å². The van der Waals surface area contributed by atoms with Crippen molar-refractivity contribution in [2.75, 3.05) is 0 Å². The second kappa shape index (κ2) is 4.40. The Kier molecular flexibility index (Phi) is 2.97. The minimum atomic E-state index is 0.202. The molecule has 0 bridgehead atoms. The van der Waals surface area contributed by atoms with Crippen molar-refractivity contribution in [1.29, 1.82) is 0 Å². The van der Waals surface area contributed by atoms with Crippen LogP contribution in [0.15, 0.2) is 29.9 Å². The number of carbonyl (C=O) groups excluding carboxylic acids is 1. The van der Waals surface area contributed by atoms with Crippen LogP contribution in [0, 0.1) is 0 Å². The maximum absolute atomic E-state index is 11.7. The van der Waals surface area contributed by atoms with Crippen LogP contribution in [0.25, 0.3) is 0 Å². The first-order valence-corrected chi connectivity index (χ1v) is 5.68. The van der Waals surface area contributed by atoms with Crippen LogP contribution in [0.5, 0.6) is 0 Å². The smallest absolute Gasteiger partial charge is 0.173 e. The van der Waals surface area contributed by atoms with Gasteiger partial charge in [-0.05, 0) is 11.4 Å². The summed E-state index contributed by atoms with van der Waals surface area (Å²) in [6.07, 6.45) is 4.89. The van der Waals surface area contributed by atoms with Gasteiger partial charge in [0, 0.05) is 32.3 Å². The number of hydrogen-bond acceptors (Lipinski definition) is 3. The zero-order chi connectivity index (χ0) is 10.7. The molecule has 15 heavy (non-hydrogen) atoms. The lowest BCUT2D eigenvalue weighted by atomic mass is 10.2. The van der Waals surface area contributed by atoms with Crippen LogP contribution in [0.4, 0.5) is 0 Å². The van der Waals surface area contributed by atoms with Crippen LogP contribution in [-0.4, -0.2) is 15.3 Å². The summed E-state index contributed by atoms with van der Waals surface area (Å²) < 4.78 is 1.95. The highest BCUT2D eigenvalue weighted by Gasteiger charge is 2.08. The Morgan fingerprint density at radius 2 is 2.47 bits per heavy atom. The van der Waals surface area contributed by atoms with Crippen molar-refractivity contribution in [2.24, 2.45) is 7.05 Å². The lowest BCUT2D eigenvalue weighted by molar-refractivity contribution is 0.0986. The minimum Gasteiger partial charge on any atom is -0.338 e. The number of nitrogens with zero attached hydrogens (tertiary/aromatic N) is 2. The van der Waals surface area contributed by atoms with Gasteiger partial charge in [-0.1, -0.05) is 6.07 Å². The summed E-state index contributed by atoms with van der Waals surface area (Å²) in [5.41, 5.74) is 0. The van der Waals surface area contributed by atoms with Gasteiger partial charge in [0.05, 0.1) is 4.88 Å². The summed E-state index contributed by atoms with van der Waals surface area (Å²) in [6, 6.07) is 3.77. The Morgan fingerprint density at radius 1 is 1.60 bits per heavy atom. The molecule has 2 aromatic rings. The van der Waals surface area contributed by atoms with Crippen molar-refractivity contribution >= 4 is 17.1 Å². The first-order valence-electron chi connectivity index (χ1n) is 4.80. The summed E-state index contributed by atoms with van der Waals surface area (Å²) in [5.74, 6) is 1.16. The van der Waals surface area contributed by atoms with Crippen LogP contribution in [-0.2, 0) is 13.5 Å². The molecular formula is C11H12N2OS.